The molecule has 1 saturated carbocycles. The van der Waals surface area contributed by atoms with Crippen LogP contribution in [-0.2, 0) is 16.1 Å². The lowest BCUT2D eigenvalue weighted by Gasteiger charge is -2.17. The summed E-state index contributed by atoms with van der Waals surface area (Å²) in [5, 5.41) is 8.83. The fraction of sp³-hybridized carbons (Fsp3) is 0.429. The summed E-state index contributed by atoms with van der Waals surface area (Å²) >= 11 is 1.68. The van der Waals surface area contributed by atoms with Crippen LogP contribution >= 0.6 is 11.8 Å². The molecule has 1 aliphatic carbocycles. The van der Waals surface area contributed by atoms with Crippen LogP contribution in [0.4, 0.5) is 0 Å². The molecule has 0 aromatic heterocycles. The van der Waals surface area contributed by atoms with Crippen LogP contribution in [0.5, 0.6) is 0 Å². The Morgan fingerprint density at radius 2 is 1.95 bits per heavy atom. The molecule has 1 N–H and O–H groups in total. The Hall–Kier alpha value is -1.49. The maximum absolute atomic E-state index is 12.0. The molecule has 19 heavy (non-hydrogen) atoms. The zero-order chi connectivity index (χ0) is 14.0. The van der Waals surface area contributed by atoms with Gasteiger partial charge in [-0.05, 0) is 30.4 Å². The quantitative estimate of drug-likeness (QED) is 0.838. The molecule has 0 saturated heterocycles. The van der Waals surface area contributed by atoms with E-state index in [0.29, 0.717) is 13.0 Å². The Morgan fingerprint density at radius 3 is 2.42 bits per heavy atom. The zero-order valence-corrected chi connectivity index (χ0v) is 11.8. The molecule has 0 aliphatic heterocycles. The molecule has 5 heteroatoms. The van der Waals surface area contributed by atoms with Crippen molar-refractivity contribution in [1.29, 1.82) is 0 Å². The van der Waals surface area contributed by atoms with E-state index in [4.69, 9.17) is 5.11 Å². The van der Waals surface area contributed by atoms with Gasteiger partial charge in [-0.15, -0.1) is 11.8 Å². The number of carboxylic acids is 1. The number of hydrogen-bond acceptors (Lipinski definition) is 3. The van der Waals surface area contributed by atoms with Crippen LogP contribution in [0.25, 0.3) is 0 Å². The first-order valence-corrected chi connectivity index (χ1v) is 7.36. The van der Waals surface area contributed by atoms with Gasteiger partial charge in [-0.1, -0.05) is 12.1 Å². The van der Waals surface area contributed by atoms with Crippen molar-refractivity contribution in [2.24, 2.45) is 11.8 Å². The number of amides is 1. The van der Waals surface area contributed by atoms with E-state index < -0.39 is 11.9 Å². The van der Waals surface area contributed by atoms with Gasteiger partial charge in [0.25, 0.3) is 0 Å². The van der Waals surface area contributed by atoms with Crippen molar-refractivity contribution in [1.82, 2.24) is 4.90 Å². The van der Waals surface area contributed by atoms with Crippen LogP contribution in [-0.4, -0.2) is 35.2 Å². The van der Waals surface area contributed by atoms with Crippen molar-refractivity contribution in [3.63, 3.8) is 0 Å². The SMILES string of the molecule is CSc1ccc(CN(C)C(=O)C2CC2C(=O)O)cc1. The van der Waals surface area contributed by atoms with E-state index in [1.165, 1.54) is 4.90 Å². The maximum Gasteiger partial charge on any atom is 0.307 e. The van der Waals surface area contributed by atoms with Crippen molar-refractivity contribution >= 4 is 23.6 Å². The Morgan fingerprint density at radius 1 is 1.32 bits per heavy atom. The first-order chi connectivity index (χ1) is 9.02. The second-order valence-electron chi connectivity index (χ2n) is 4.83. The van der Waals surface area contributed by atoms with Gasteiger partial charge in [0.2, 0.25) is 5.91 Å². The molecule has 0 spiro atoms. The number of benzene rings is 1. The smallest absolute Gasteiger partial charge is 0.307 e. The normalized spacial score (nSPS) is 20.9. The van der Waals surface area contributed by atoms with Crippen LogP contribution in [0.1, 0.15) is 12.0 Å². The molecule has 1 aromatic carbocycles. The molecule has 0 heterocycles. The minimum Gasteiger partial charge on any atom is -0.481 e. The Bertz CT molecular complexity index is 486. The van der Waals surface area contributed by atoms with E-state index in [0.717, 1.165) is 5.56 Å². The minimum absolute atomic E-state index is 0.0682. The molecule has 4 nitrogen and oxygen atoms in total. The maximum atomic E-state index is 12.0. The number of carboxylic acid groups (broad SMARTS) is 1. The molecular weight excluding hydrogens is 262 g/mol. The van der Waals surface area contributed by atoms with Gasteiger partial charge in [0.1, 0.15) is 0 Å². The van der Waals surface area contributed by atoms with Crippen LogP contribution in [0.15, 0.2) is 29.2 Å². The number of rotatable bonds is 5. The van der Waals surface area contributed by atoms with Gasteiger partial charge in [0.15, 0.2) is 0 Å². The second-order valence-corrected chi connectivity index (χ2v) is 5.71. The third-order valence-electron chi connectivity index (χ3n) is 3.38. The highest BCUT2D eigenvalue weighted by molar-refractivity contribution is 7.98. The molecule has 1 aliphatic rings. The molecule has 1 aromatic rings. The van der Waals surface area contributed by atoms with Gasteiger partial charge in [-0.3, -0.25) is 9.59 Å². The number of carbonyl (C=O) groups excluding carboxylic acids is 1. The number of thioether (sulfide) groups is 1. The summed E-state index contributed by atoms with van der Waals surface area (Å²) < 4.78 is 0. The molecular formula is C14H17NO3S. The summed E-state index contributed by atoms with van der Waals surface area (Å²) in [6, 6.07) is 8.04. The molecule has 1 fully saturated rings. The van der Waals surface area contributed by atoms with Crippen molar-refractivity contribution in [3.8, 4) is 0 Å². The molecule has 2 unspecified atom stereocenters. The molecule has 102 valence electrons. The lowest BCUT2D eigenvalue weighted by Crippen LogP contribution is -2.28. The number of hydrogen-bond donors (Lipinski definition) is 1. The van der Waals surface area contributed by atoms with Crippen molar-refractivity contribution in [3.05, 3.63) is 29.8 Å². The van der Waals surface area contributed by atoms with E-state index in [1.54, 1.807) is 23.7 Å². The topological polar surface area (TPSA) is 57.6 Å². The number of aliphatic carboxylic acids is 1. The summed E-state index contributed by atoms with van der Waals surface area (Å²) in [5.41, 5.74) is 1.06. The summed E-state index contributed by atoms with van der Waals surface area (Å²) in [6.45, 7) is 0.524. The minimum atomic E-state index is -0.865. The summed E-state index contributed by atoms with van der Waals surface area (Å²) in [7, 11) is 1.72. The fourth-order valence-corrected chi connectivity index (χ4v) is 2.51. The summed E-state index contributed by atoms with van der Waals surface area (Å²) in [6.07, 6.45) is 2.49. The molecule has 0 radical (unpaired) electrons. The zero-order valence-electron chi connectivity index (χ0n) is 11.0. The highest BCUT2D eigenvalue weighted by Gasteiger charge is 2.49. The third-order valence-corrected chi connectivity index (χ3v) is 4.12. The van der Waals surface area contributed by atoms with Gasteiger partial charge in [0, 0.05) is 18.5 Å². The number of nitrogens with zero attached hydrogens (tertiary/aromatic N) is 1. The van der Waals surface area contributed by atoms with Gasteiger partial charge in [-0.2, -0.15) is 0 Å². The van der Waals surface area contributed by atoms with Gasteiger partial charge in [-0.25, -0.2) is 0 Å². The average Bonchev–Trinajstić information content (AvgIpc) is 3.19. The standard InChI is InChI=1S/C14H17NO3S/c1-15(13(16)11-7-12(11)14(17)18)8-9-3-5-10(19-2)6-4-9/h3-6,11-12H,7-8H2,1-2H3,(H,17,18). The van der Waals surface area contributed by atoms with E-state index in [1.807, 2.05) is 30.5 Å². The molecule has 2 atom stereocenters. The van der Waals surface area contributed by atoms with E-state index in [-0.39, 0.29) is 11.8 Å². The van der Waals surface area contributed by atoms with Crippen LogP contribution < -0.4 is 0 Å². The van der Waals surface area contributed by atoms with Crippen molar-refractivity contribution < 1.29 is 14.7 Å². The first kappa shape index (κ1) is 13.9. The van der Waals surface area contributed by atoms with Crippen LogP contribution in [0.2, 0.25) is 0 Å². The molecule has 1 amide bonds. The van der Waals surface area contributed by atoms with E-state index >= 15 is 0 Å². The highest BCUT2D eigenvalue weighted by Crippen LogP contribution is 2.40. The second kappa shape index (κ2) is 5.65. The molecule has 2 rings (SSSR count). The predicted molar refractivity (Wildman–Crippen MR) is 73.9 cm³/mol. The van der Waals surface area contributed by atoms with Gasteiger partial charge >= 0.3 is 5.97 Å². The lowest BCUT2D eigenvalue weighted by molar-refractivity contribution is -0.141. The average molecular weight is 279 g/mol. The number of carbonyl (C=O) groups is 2. The van der Waals surface area contributed by atoms with Crippen LogP contribution in [0, 0.1) is 11.8 Å². The predicted octanol–water partition coefficient (Wildman–Crippen LogP) is 2.09. The highest BCUT2D eigenvalue weighted by atomic mass is 32.2. The summed E-state index contributed by atoms with van der Waals surface area (Å²) in [5.74, 6) is -1.74. The largest absolute Gasteiger partial charge is 0.481 e. The lowest BCUT2D eigenvalue weighted by atomic mass is 10.2. The third kappa shape index (κ3) is 3.29. The van der Waals surface area contributed by atoms with Crippen LogP contribution in [0.3, 0.4) is 0 Å². The molecule has 0 bridgehead atoms. The monoisotopic (exact) mass is 279 g/mol. The van der Waals surface area contributed by atoms with Gasteiger partial charge < -0.3 is 10.0 Å². The Kier molecular flexibility index (Phi) is 4.14. The Labute approximate surface area is 116 Å². The first-order valence-electron chi connectivity index (χ1n) is 6.13. The van der Waals surface area contributed by atoms with Crippen molar-refractivity contribution in [2.45, 2.75) is 17.9 Å². The van der Waals surface area contributed by atoms with E-state index in [9.17, 15) is 9.59 Å². The summed E-state index contributed by atoms with van der Waals surface area (Å²) in [4.78, 5) is 25.6. The van der Waals surface area contributed by atoms with Crippen molar-refractivity contribution in [2.75, 3.05) is 13.3 Å². The Balaban J connectivity index is 1.91. The fourth-order valence-electron chi connectivity index (χ4n) is 2.11. The van der Waals surface area contributed by atoms with Gasteiger partial charge in [0.05, 0.1) is 11.8 Å². The van der Waals surface area contributed by atoms with E-state index in [2.05, 4.69) is 0 Å².